The van der Waals surface area contributed by atoms with Crippen LogP contribution in [0.25, 0.3) is 10.2 Å². The van der Waals surface area contributed by atoms with Gasteiger partial charge in [-0.3, -0.25) is 14.5 Å². The minimum absolute atomic E-state index is 0.0660. The summed E-state index contributed by atoms with van der Waals surface area (Å²) in [6, 6.07) is 10.3. The monoisotopic (exact) mass is 463 g/mol. The van der Waals surface area contributed by atoms with Gasteiger partial charge >= 0.3 is 0 Å². The number of carbonyl (C=O) groups is 2. The summed E-state index contributed by atoms with van der Waals surface area (Å²) in [5.41, 5.74) is 3.60. The van der Waals surface area contributed by atoms with E-state index in [-0.39, 0.29) is 17.9 Å². The Hall–Kier alpha value is -2.60. The first-order chi connectivity index (χ1) is 15.7. The summed E-state index contributed by atoms with van der Waals surface area (Å²) < 4.78 is 3.12. The van der Waals surface area contributed by atoms with Crippen LogP contribution in [-0.2, 0) is 11.3 Å². The lowest BCUT2D eigenvalue weighted by molar-refractivity contribution is -0.128. The average molecular weight is 464 g/mol. The highest BCUT2D eigenvalue weighted by molar-refractivity contribution is 7.17. The predicted molar refractivity (Wildman–Crippen MR) is 135 cm³/mol. The third-order valence-corrected chi connectivity index (χ3v) is 8.73. The zero-order valence-electron chi connectivity index (χ0n) is 20.1. The SMILES string of the molecule is Cc1cc(C)cc(N2C(=O)c3cc4sccc4n3C[C@]2(C)C(=O)N[C@@H]2CCC[C@@H](C)[C@H]2C)c1. The highest BCUT2D eigenvalue weighted by atomic mass is 32.1. The van der Waals surface area contributed by atoms with Crippen molar-refractivity contribution in [3.8, 4) is 0 Å². The van der Waals surface area contributed by atoms with Gasteiger partial charge in [-0.15, -0.1) is 11.3 Å². The summed E-state index contributed by atoms with van der Waals surface area (Å²) in [6.45, 7) is 10.9. The Morgan fingerprint density at radius 3 is 2.58 bits per heavy atom. The molecule has 1 aliphatic heterocycles. The second kappa shape index (κ2) is 8.01. The minimum atomic E-state index is -1.03. The molecule has 1 aliphatic carbocycles. The van der Waals surface area contributed by atoms with Crippen molar-refractivity contribution in [2.24, 2.45) is 11.8 Å². The number of aryl methyl sites for hydroxylation is 2. The van der Waals surface area contributed by atoms with Gasteiger partial charge < -0.3 is 9.88 Å². The third-order valence-electron chi connectivity index (χ3n) is 7.88. The van der Waals surface area contributed by atoms with E-state index in [0.717, 1.165) is 39.9 Å². The van der Waals surface area contributed by atoms with Crippen molar-refractivity contribution in [3.63, 3.8) is 0 Å². The topological polar surface area (TPSA) is 54.3 Å². The summed E-state index contributed by atoms with van der Waals surface area (Å²) in [5, 5.41) is 5.42. The van der Waals surface area contributed by atoms with E-state index in [4.69, 9.17) is 0 Å². The molecule has 1 aromatic carbocycles. The van der Waals surface area contributed by atoms with Crippen molar-refractivity contribution in [1.82, 2.24) is 9.88 Å². The van der Waals surface area contributed by atoms with E-state index in [2.05, 4.69) is 25.2 Å². The summed E-state index contributed by atoms with van der Waals surface area (Å²) in [6.07, 6.45) is 3.33. The van der Waals surface area contributed by atoms with Crippen LogP contribution in [0.2, 0.25) is 0 Å². The number of fused-ring (bicyclic) bond motifs is 3. The fraction of sp³-hybridized carbons (Fsp3) is 0.481. The van der Waals surface area contributed by atoms with E-state index in [9.17, 15) is 9.59 Å². The molecule has 5 nitrogen and oxygen atoms in total. The molecule has 0 saturated heterocycles. The summed E-state index contributed by atoms with van der Waals surface area (Å²) in [4.78, 5) is 29.7. The quantitative estimate of drug-likeness (QED) is 0.543. The van der Waals surface area contributed by atoms with Gasteiger partial charge in [-0.25, -0.2) is 0 Å². The number of carbonyl (C=O) groups excluding carboxylic acids is 2. The molecule has 0 bridgehead atoms. The number of nitrogens with zero attached hydrogens (tertiary/aromatic N) is 2. The lowest BCUT2D eigenvalue weighted by Gasteiger charge is -2.45. The zero-order valence-corrected chi connectivity index (χ0v) is 21.0. The number of benzene rings is 1. The fourth-order valence-corrected chi connectivity index (χ4v) is 6.63. The van der Waals surface area contributed by atoms with E-state index in [1.54, 1.807) is 16.2 Å². The normalized spacial score (nSPS) is 27.6. The minimum Gasteiger partial charge on any atom is -0.351 e. The van der Waals surface area contributed by atoms with Crippen molar-refractivity contribution in [1.29, 1.82) is 0 Å². The second-order valence-corrected chi connectivity index (χ2v) is 11.3. The lowest BCUT2D eigenvalue weighted by Crippen LogP contribution is -2.66. The number of thiophene rings is 1. The van der Waals surface area contributed by atoms with Crippen LogP contribution in [0, 0.1) is 25.7 Å². The lowest BCUT2D eigenvalue weighted by atomic mass is 9.77. The molecule has 33 heavy (non-hydrogen) atoms. The van der Waals surface area contributed by atoms with Crippen molar-refractivity contribution < 1.29 is 9.59 Å². The highest BCUT2D eigenvalue weighted by Crippen LogP contribution is 2.38. The van der Waals surface area contributed by atoms with Crippen LogP contribution in [-0.4, -0.2) is 28.0 Å². The predicted octanol–water partition coefficient (Wildman–Crippen LogP) is 5.68. The molecule has 2 amide bonds. The molecule has 6 heteroatoms. The Morgan fingerprint density at radius 1 is 1.12 bits per heavy atom. The molecular weight excluding hydrogens is 430 g/mol. The number of amides is 2. The number of nitrogens with one attached hydrogen (secondary N) is 1. The molecule has 1 saturated carbocycles. The Balaban J connectivity index is 1.60. The number of rotatable bonds is 3. The molecule has 5 rings (SSSR count). The molecule has 3 heterocycles. The maximum Gasteiger partial charge on any atom is 0.275 e. The first-order valence-electron chi connectivity index (χ1n) is 12.0. The number of hydrogen-bond donors (Lipinski definition) is 1. The third kappa shape index (κ3) is 3.59. The number of hydrogen-bond acceptors (Lipinski definition) is 3. The maximum absolute atomic E-state index is 14.0. The maximum atomic E-state index is 14.0. The molecule has 1 N–H and O–H groups in total. The Bertz CT molecular complexity index is 1220. The molecule has 0 unspecified atom stereocenters. The van der Waals surface area contributed by atoms with Crippen LogP contribution < -0.4 is 10.2 Å². The van der Waals surface area contributed by atoms with Gasteiger partial charge in [-0.05, 0) is 79.8 Å². The average Bonchev–Trinajstić information content (AvgIpc) is 3.33. The molecule has 174 valence electrons. The van der Waals surface area contributed by atoms with Gasteiger partial charge in [-0.2, -0.15) is 0 Å². The molecular formula is C27H33N3O2S. The van der Waals surface area contributed by atoms with Gasteiger partial charge in [0.1, 0.15) is 11.2 Å². The number of aromatic nitrogens is 1. The molecule has 4 atom stereocenters. The zero-order chi connectivity index (χ0) is 23.5. The van der Waals surface area contributed by atoms with Crippen molar-refractivity contribution in [3.05, 3.63) is 52.5 Å². The van der Waals surface area contributed by atoms with Crippen LogP contribution in [0.3, 0.4) is 0 Å². The molecule has 2 aliphatic rings. The smallest absolute Gasteiger partial charge is 0.275 e. The first-order valence-corrected chi connectivity index (χ1v) is 12.9. The second-order valence-electron chi connectivity index (χ2n) is 10.4. The first kappa shape index (κ1) is 22.2. The summed E-state index contributed by atoms with van der Waals surface area (Å²) >= 11 is 1.63. The van der Waals surface area contributed by atoms with Crippen molar-refractivity contribution in [2.75, 3.05) is 4.90 Å². The standard InChI is InChI=1S/C27H33N3O2S/c1-16-11-17(2)13-20(12-16)30-25(31)23-14-24-22(9-10-33-24)29(23)15-27(30,5)26(32)28-21-8-6-7-18(3)19(21)4/h9-14,18-19,21H,6-8,15H2,1-5H3,(H,28,32)/t18-,19-,21-,27-/m1/s1. The van der Waals surface area contributed by atoms with Gasteiger partial charge in [0.25, 0.3) is 5.91 Å². The Labute approximate surface area is 199 Å². The summed E-state index contributed by atoms with van der Waals surface area (Å²) in [5.74, 6) is 0.828. The van der Waals surface area contributed by atoms with Gasteiger partial charge in [0.05, 0.1) is 16.8 Å². The Kier molecular flexibility index (Phi) is 5.39. The Morgan fingerprint density at radius 2 is 1.85 bits per heavy atom. The van der Waals surface area contributed by atoms with Gasteiger partial charge in [0.2, 0.25) is 5.91 Å². The molecule has 1 fully saturated rings. The largest absolute Gasteiger partial charge is 0.351 e. The van der Waals surface area contributed by atoms with Crippen LogP contribution >= 0.6 is 11.3 Å². The summed E-state index contributed by atoms with van der Waals surface area (Å²) in [7, 11) is 0. The highest BCUT2D eigenvalue weighted by Gasteiger charge is 2.49. The molecule has 0 spiro atoms. The molecule has 2 aromatic heterocycles. The van der Waals surface area contributed by atoms with Crippen LogP contribution in [0.15, 0.2) is 35.7 Å². The molecule has 0 radical (unpaired) electrons. The van der Waals surface area contributed by atoms with E-state index < -0.39 is 5.54 Å². The van der Waals surface area contributed by atoms with Crippen LogP contribution in [0.1, 0.15) is 61.6 Å². The van der Waals surface area contributed by atoms with Crippen LogP contribution in [0.4, 0.5) is 5.69 Å². The van der Waals surface area contributed by atoms with E-state index in [1.165, 1.54) is 6.42 Å². The van der Waals surface area contributed by atoms with Crippen LogP contribution in [0.5, 0.6) is 0 Å². The fourth-order valence-electron chi connectivity index (χ4n) is 5.81. The molecule has 3 aromatic rings. The van der Waals surface area contributed by atoms with E-state index in [1.807, 2.05) is 55.0 Å². The van der Waals surface area contributed by atoms with Gasteiger partial charge in [-0.1, -0.05) is 32.8 Å². The van der Waals surface area contributed by atoms with Crippen molar-refractivity contribution >= 4 is 39.1 Å². The van der Waals surface area contributed by atoms with Crippen molar-refractivity contribution in [2.45, 2.75) is 72.0 Å². The van der Waals surface area contributed by atoms with E-state index in [0.29, 0.717) is 24.1 Å². The van der Waals surface area contributed by atoms with Gasteiger partial charge in [0, 0.05) is 11.7 Å². The van der Waals surface area contributed by atoms with E-state index >= 15 is 0 Å². The number of anilines is 1. The van der Waals surface area contributed by atoms with Gasteiger partial charge in [0.15, 0.2) is 0 Å².